The third-order valence-corrected chi connectivity index (χ3v) is 4.00. The fraction of sp³-hybridized carbons (Fsp3) is 0.947. The fourth-order valence-corrected chi connectivity index (χ4v) is 2.46. The summed E-state index contributed by atoms with van der Waals surface area (Å²) < 4.78 is 27.5. The van der Waals surface area contributed by atoms with Crippen LogP contribution < -0.4 is 0 Å². The highest BCUT2D eigenvalue weighted by Crippen LogP contribution is 2.07. The Morgan fingerprint density at radius 1 is 0.654 bits per heavy atom. The molecule has 6 nitrogen and oxygen atoms in total. The normalized spacial score (nSPS) is 11.0. The van der Waals surface area contributed by atoms with Gasteiger partial charge >= 0.3 is 5.97 Å². The van der Waals surface area contributed by atoms with Crippen molar-refractivity contribution < 1.29 is 28.5 Å². The van der Waals surface area contributed by atoms with E-state index in [1.807, 2.05) is 0 Å². The lowest BCUT2D eigenvalue weighted by molar-refractivity contribution is -0.145. The van der Waals surface area contributed by atoms with Crippen LogP contribution in [0.25, 0.3) is 0 Å². The second-order valence-electron chi connectivity index (χ2n) is 5.88. The third kappa shape index (κ3) is 22.1. The number of halogens is 1. The zero-order chi connectivity index (χ0) is 19.1. The molecule has 0 radical (unpaired) electrons. The molecular weight excluding hydrogens is 451 g/mol. The minimum Gasteiger partial charge on any atom is -0.463 e. The molecule has 0 aliphatic carbocycles. The minimum absolute atomic E-state index is 0.125. The van der Waals surface area contributed by atoms with Crippen molar-refractivity contribution >= 4 is 28.6 Å². The average Bonchev–Trinajstić information content (AvgIpc) is 2.65. The summed E-state index contributed by atoms with van der Waals surface area (Å²) in [5, 5.41) is 0. The van der Waals surface area contributed by atoms with Gasteiger partial charge in [0.05, 0.1) is 52.9 Å². The fourth-order valence-electron chi connectivity index (χ4n) is 2.15. The van der Waals surface area contributed by atoms with Gasteiger partial charge in [-0.15, -0.1) is 0 Å². The summed E-state index contributed by atoms with van der Waals surface area (Å²) in [6.45, 7) is 7.04. The van der Waals surface area contributed by atoms with Crippen LogP contribution in [0.2, 0.25) is 0 Å². The first-order chi connectivity index (χ1) is 12.8. The number of hydrogen-bond acceptors (Lipinski definition) is 6. The molecule has 0 aromatic rings. The van der Waals surface area contributed by atoms with Crippen molar-refractivity contribution in [2.45, 2.75) is 51.9 Å². The van der Waals surface area contributed by atoms with Crippen molar-refractivity contribution in [2.75, 3.05) is 63.9 Å². The standard InChI is InChI=1S/C19H37IO6/c1-2-3-4-5-6-7-8-19(21)26-18-17-25-16-15-24-14-13-23-12-11-22-10-9-20/h2-18H2,1H3. The molecule has 0 bridgehead atoms. The molecule has 0 aromatic carbocycles. The highest BCUT2D eigenvalue weighted by Gasteiger charge is 2.02. The molecule has 0 unspecified atom stereocenters. The Balaban J connectivity index is 3.11. The quantitative estimate of drug-likeness (QED) is 0.106. The summed E-state index contributed by atoms with van der Waals surface area (Å²) in [5.41, 5.74) is 0. The highest BCUT2D eigenvalue weighted by molar-refractivity contribution is 14.1. The number of alkyl halides is 1. The monoisotopic (exact) mass is 488 g/mol. The molecule has 156 valence electrons. The van der Waals surface area contributed by atoms with Crippen LogP contribution in [-0.4, -0.2) is 69.9 Å². The van der Waals surface area contributed by atoms with Crippen LogP contribution >= 0.6 is 22.6 Å². The zero-order valence-electron chi connectivity index (χ0n) is 16.3. The molecule has 0 aromatic heterocycles. The first-order valence-electron chi connectivity index (χ1n) is 9.83. The molecule has 0 saturated carbocycles. The Bertz CT molecular complexity index is 291. The maximum absolute atomic E-state index is 11.5. The van der Waals surface area contributed by atoms with Crippen LogP contribution in [0.3, 0.4) is 0 Å². The number of carbonyl (C=O) groups is 1. The number of rotatable bonds is 21. The Morgan fingerprint density at radius 2 is 1.12 bits per heavy atom. The van der Waals surface area contributed by atoms with E-state index in [9.17, 15) is 4.79 Å². The number of hydrogen-bond donors (Lipinski definition) is 0. The molecule has 0 rings (SSSR count). The summed E-state index contributed by atoms with van der Waals surface area (Å²) in [7, 11) is 0. The van der Waals surface area contributed by atoms with Crippen molar-refractivity contribution in [3.05, 3.63) is 0 Å². The molecule has 0 aliphatic rings. The Morgan fingerprint density at radius 3 is 1.65 bits per heavy atom. The van der Waals surface area contributed by atoms with E-state index in [-0.39, 0.29) is 5.97 Å². The van der Waals surface area contributed by atoms with E-state index >= 15 is 0 Å². The Kier molecular flexibility index (Phi) is 23.1. The van der Waals surface area contributed by atoms with E-state index in [0.29, 0.717) is 59.3 Å². The Labute approximate surface area is 172 Å². The molecule has 0 fully saturated rings. The van der Waals surface area contributed by atoms with Gasteiger partial charge in [-0.1, -0.05) is 61.6 Å². The molecule has 7 heteroatoms. The highest BCUT2D eigenvalue weighted by atomic mass is 127. The molecule has 0 atom stereocenters. The van der Waals surface area contributed by atoms with Gasteiger partial charge in [-0.05, 0) is 6.42 Å². The average molecular weight is 488 g/mol. The first kappa shape index (κ1) is 26.0. The van der Waals surface area contributed by atoms with Crippen LogP contribution in [0, 0.1) is 0 Å². The maximum atomic E-state index is 11.5. The van der Waals surface area contributed by atoms with Crippen molar-refractivity contribution in [1.29, 1.82) is 0 Å². The number of esters is 1. The number of ether oxygens (including phenoxy) is 5. The van der Waals surface area contributed by atoms with Crippen LogP contribution in [-0.2, 0) is 28.5 Å². The molecule has 0 aliphatic heterocycles. The third-order valence-electron chi connectivity index (χ3n) is 3.56. The summed E-state index contributed by atoms with van der Waals surface area (Å²) in [5.74, 6) is -0.125. The van der Waals surface area contributed by atoms with E-state index in [0.717, 1.165) is 23.9 Å². The van der Waals surface area contributed by atoms with Crippen LogP contribution in [0.15, 0.2) is 0 Å². The van der Waals surface area contributed by atoms with Gasteiger partial charge in [0.2, 0.25) is 0 Å². The largest absolute Gasteiger partial charge is 0.463 e. The summed E-state index contributed by atoms with van der Waals surface area (Å²) >= 11 is 2.27. The van der Waals surface area contributed by atoms with Gasteiger partial charge in [-0.25, -0.2) is 0 Å². The second kappa shape index (κ2) is 23.1. The van der Waals surface area contributed by atoms with Crippen molar-refractivity contribution in [1.82, 2.24) is 0 Å². The van der Waals surface area contributed by atoms with Gasteiger partial charge in [0.1, 0.15) is 6.61 Å². The van der Waals surface area contributed by atoms with E-state index in [1.54, 1.807) is 0 Å². The topological polar surface area (TPSA) is 63.2 Å². The lowest BCUT2D eigenvalue weighted by Crippen LogP contribution is -2.14. The summed E-state index contributed by atoms with van der Waals surface area (Å²) in [6, 6.07) is 0. The number of carbonyl (C=O) groups excluding carboxylic acids is 1. The van der Waals surface area contributed by atoms with Crippen molar-refractivity contribution in [3.63, 3.8) is 0 Å². The summed E-state index contributed by atoms with van der Waals surface area (Å²) in [6.07, 6.45) is 7.55. The maximum Gasteiger partial charge on any atom is 0.305 e. The SMILES string of the molecule is CCCCCCCCC(=O)OCCOCCOCCOCCOCCI. The lowest BCUT2D eigenvalue weighted by Gasteiger charge is -2.08. The second-order valence-corrected chi connectivity index (χ2v) is 6.96. The molecular formula is C19H37IO6. The Hall–Kier alpha value is 0.0400. The van der Waals surface area contributed by atoms with Crippen molar-refractivity contribution in [3.8, 4) is 0 Å². The molecule has 0 spiro atoms. The smallest absolute Gasteiger partial charge is 0.305 e. The van der Waals surface area contributed by atoms with Gasteiger partial charge in [0.15, 0.2) is 0 Å². The predicted octanol–water partition coefficient (Wildman–Crippen LogP) is 3.78. The predicted molar refractivity (Wildman–Crippen MR) is 111 cm³/mol. The minimum atomic E-state index is -0.125. The molecule has 0 saturated heterocycles. The number of unbranched alkanes of at least 4 members (excludes halogenated alkanes) is 5. The zero-order valence-corrected chi connectivity index (χ0v) is 18.5. The van der Waals surface area contributed by atoms with E-state index in [4.69, 9.17) is 23.7 Å². The van der Waals surface area contributed by atoms with Gasteiger partial charge in [-0.3, -0.25) is 4.79 Å². The van der Waals surface area contributed by atoms with Crippen LogP contribution in [0.4, 0.5) is 0 Å². The van der Waals surface area contributed by atoms with Crippen LogP contribution in [0.5, 0.6) is 0 Å². The van der Waals surface area contributed by atoms with Crippen molar-refractivity contribution in [2.24, 2.45) is 0 Å². The van der Waals surface area contributed by atoms with E-state index in [2.05, 4.69) is 29.5 Å². The summed E-state index contributed by atoms with van der Waals surface area (Å²) in [4.78, 5) is 11.5. The van der Waals surface area contributed by atoms with Gasteiger partial charge < -0.3 is 23.7 Å². The van der Waals surface area contributed by atoms with Gasteiger partial charge in [0, 0.05) is 10.8 Å². The van der Waals surface area contributed by atoms with Gasteiger partial charge in [0.25, 0.3) is 0 Å². The van der Waals surface area contributed by atoms with Gasteiger partial charge in [-0.2, -0.15) is 0 Å². The van der Waals surface area contributed by atoms with Crippen LogP contribution in [0.1, 0.15) is 51.9 Å². The molecule has 0 amide bonds. The lowest BCUT2D eigenvalue weighted by atomic mass is 10.1. The molecule has 0 heterocycles. The molecule has 0 N–H and O–H groups in total. The first-order valence-corrected chi connectivity index (χ1v) is 11.4. The molecule has 26 heavy (non-hydrogen) atoms. The van der Waals surface area contributed by atoms with E-state index in [1.165, 1.54) is 25.7 Å². The van der Waals surface area contributed by atoms with E-state index < -0.39 is 0 Å².